The second-order valence-electron chi connectivity index (χ2n) is 3.22. The molecule has 3 N–H and O–H groups in total. The van der Waals surface area contributed by atoms with Gasteiger partial charge in [-0.1, -0.05) is 17.7 Å². The monoisotopic (exact) mass is 177 g/mol. The van der Waals surface area contributed by atoms with E-state index in [4.69, 9.17) is 5.84 Å². The summed E-state index contributed by atoms with van der Waals surface area (Å²) < 4.78 is 0. The third kappa shape index (κ3) is 1.36. The van der Waals surface area contributed by atoms with E-state index >= 15 is 0 Å². The first-order valence-electron chi connectivity index (χ1n) is 4.09. The SMILES string of the molecule is Cc1ccc2c(c1)CN(N)C(=O)N2. The van der Waals surface area contributed by atoms with E-state index in [0.717, 1.165) is 11.3 Å². The van der Waals surface area contributed by atoms with Crippen molar-refractivity contribution in [3.05, 3.63) is 29.3 Å². The highest BCUT2D eigenvalue weighted by Crippen LogP contribution is 2.22. The van der Waals surface area contributed by atoms with Crippen molar-refractivity contribution >= 4 is 11.7 Å². The summed E-state index contributed by atoms with van der Waals surface area (Å²) in [6.07, 6.45) is 0. The van der Waals surface area contributed by atoms with E-state index in [9.17, 15) is 4.79 Å². The first-order valence-corrected chi connectivity index (χ1v) is 4.09. The van der Waals surface area contributed by atoms with Gasteiger partial charge in [-0.25, -0.2) is 10.6 Å². The lowest BCUT2D eigenvalue weighted by Crippen LogP contribution is -2.43. The maximum absolute atomic E-state index is 11.1. The number of hydrogen-bond donors (Lipinski definition) is 2. The van der Waals surface area contributed by atoms with E-state index in [1.54, 1.807) is 0 Å². The Kier molecular flexibility index (Phi) is 1.70. The molecule has 0 fully saturated rings. The van der Waals surface area contributed by atoms with Crippen molar-refractivity contribution in [3.63, 3.8) is 0 Å². The standard InChI is InChI=1S/C9H11N3O/c1-6-2-3-8-7(4-6)5-12(10)9(13)11-8/h2-4H,5,10H2,1H3,(H,11,13). The summed E-state index contributed by atoms with van der Waals surface area (Å²) >= 11 is 0. The van der Waals surface area contributed by atoms with Crippen LogP contribution in [0.5, 0.6) is 0 Å². The molecule has 1 aromatic carbocycles. The molecule has 0 atom stereocenters. The van der Waals surface area contributed by atoms with Crippen LogP contribution in [0, 0.1) is 6.92 Å². The number of nitrogens with one attached hydrogen (secondary N) is 1. The molecular weight excluding hydrogens is 166 g/mol. The number of hydrogen-bond acceptors (Lipinski definition) is 2. The summed E-state index contributed by atoms with van der Waals surface area (Å²) in [6, 6.07) is 5.63. The fraction of sp³-hybridized carbons (Fsp3) is 0.222. The number of hydrazine groups is 1. The van der Waals surface area contributed by atoms with Crippen molar-refractivity contribution < 1.29 is 4.79 Å². The lowest BCUT2D eigenvalue weighted by molar-refractivity contribution is 0.208. The van der Waals surface area contributed by atoms with Crippen LogP contribution < -0.4 is 11.2 Å². The quantitative estimate of drug-likeness (QED) is 0.462. The molecule has 0 radical (unpaired) electrons. The van der Waals surface area contributed by atoms with Crippen LogP contribution in [-0.2, 0) is 6.54 Å². The van der Waals surface area contributed by atoms with Crippen LogP contribution >= 0.6 is 0 Å². The van der Waals surface area contributed by atoms with E-state index in [1.165, 1.54) is 10.6 Å². The molecule has 0 aromatic heterocycles. The molecule has 0 saturated heterocycles. The van der Waals surface area contributed by atoms with E-state index in [1.807, 2.05) is 25.1 Å². The van der Waals surface area contributed by atoms with Gasteiger partial charge in [0.2, 0.25) is 0 Å². The highest BCUT2D eigenvalue weighted by atomic mass is 16.2. The molecule has 0 unspecified atom stereocenters. The summed E-state index contributed by atoms with van der Waals surface area (Å²) in [5.41, 5.74) is 3.09. The zero-order valence-corrected chi connectivity index (χ0v) is 7.37. The molecule has 13 heavy (non-hydrogen) atoms. The molecule has 1 heterocycles. The molecule has 0 aliphatic carbocycles. The number of nitrogens with two attached hydrogens (primary N) is 1. The molecule has 4 heteroatoms. The molecule has 1 aromatic rings. The zero-order valence-electron chi connectivity index (χ0n) is 7.37. The molecule has 0 bridgehead atoms. The molecule has 4 nitrogen and oxygen atoms in total. The molecule has 1 aliphatic rings. The number of amides is 2. The Morgan fingerprint density at radius 2 is 2.31 bits per heavy atom. The van der Waals surface area contributed by atoms with Gasteiger partial charge in [0.15, 0.2) is 0 Å². The molecule has 1 aliphatic heterocycles. The summed E-state index contributed by atoms with van der Waals surface area (Å²) in [5.74, 6) is 5.46. The largest absolute Gasteiger partial charge is 0.336 e. The topological polar surface area (TPSA) is 58.4 Å². The average Bonchev–Trinajstić information content (AvgIpc) is 2.08. The van der Waals surface area contributed by atoms with Gasteiger partial charge in [-0.05, 0) is 18.6 Å². The number of urea groups is 1. The Hall–Kier alpha value is -1.55. The molecule has 2 rings (SSSR count). The average molecular weight is 177 g/mol. The van der Waals surface area contributed by atoms with Crippen molar-refractivity contribution in [2.45, 2.75) is 13.5 Å². The number of fused-ring (bicyclic) bond motifs is 1. The molecule has 0 saturated carbocycles. The first kappa shape index (κ1) is 8.07. The summed E-state index contributed by atoms with van der Waals surface area (Å²) in [7, 11) is 0. The summed E-state index contributed by atoms with van der Waals surface area (Å²) in [4.78, 5) is 11.1. The van der Waals surface area contributed by atoms with Crippen molar-refractivity contribution in [1.82, 2.24) is 5.01 Å². The van der Waals surface area contributed by atoms with Gasteiger partial charge in [0.1, 0.15) is 0 Å². The Labute approximate surface area is 76.3 Å². The minimum absolute atomic E-state index is 0.253. The smallest absolute Gasteiger partial charge is 0.306 e. The van der Waals surface area contributed by atoms with Crippen LogP contribution in [0.4, 0.5) is 10.5 Å². The Morgan fingerprint density at radius 1 is 1.54 bits per heavy atom. The van der Waals surface area contributed by atoms with Gasteiger partial charge in [0, 0.05) is 5.69 Å². The number of aryl methyl sites for hydroxylation is 1. The highest BCUT2D eigenvalue weighted by molar-refractivity contribution is 5.91. The lowest BCUT2D eigenvalue weighted by atomic mass is 10.1. The van der Waals surface area contributed by atoms with Crippen LogP contribution in [0.3, 0.4) is 0 Å². The van der Waals surface area contributed by atoms with Crippen molar-refractivity contribution in [2.75, 3.05) is 5.32 Å². The van der Waals surface area contributed by atoms with E-state index in [0.29, 0.717) is 6.54 Å². The van der Waals surface area contributed by atoms with Crippen molar-refractivity contribution in [3.8, 4) is 0 Å². The van der Waals surface area contributed by atoms with E-state index in [2.05, 4.69) is 5.32 Å². The minimum Gasteiger partial charge on any atom is -0.306 e. The Morgan fingerprint density at radius 3 is 3.08 bits per heavy atom. The fourth-order valence-electron chi connectivity index (χ4n) is 1.42. The number of carbonyl (C=O) groups is 1. The second kappa shape index (κ2) is 2.74. The summed E-state index contributed by atoms with van der Waals surface area (Å²) in [5, 5.41) is 3.87. The Bertz CT molecular complexity index is 362. The van der Waals surface area contributed by atoms with Crippen molar-refractivity contribution in [1.29, 1.82) is 0 Å². The maximum Gasteiger partial charge on any atom is 0.336 e. The van der Waals surface area contributed by atoms with Crippen LogP contribution in [0.15, 0.2) is 18.2 Å². The van der Waals surface area contributed by atoms with Crippen LogP contribution in [0.1, 0.15) is 11.1 Å². The predicted octanol–water partition coefficient (Wildman–Crippen LogP) is 1.22. The molecule has 2 amide bonds. The number of rotatable bonds is 0. The molecule has 68 valence electrons. The lowest BCUT2D eigenvalue weighted by Gasteiger charge is -2.25. The van der Waals surface area contributed by atoms with Gasteiger partial charge < -0.3 is 5.32 Å². The molecule has 0 spiro atoms. The number of anilines is 1. The predicted molar refractivity (Wildman–Crippen MR) is 49.9 cm³/mol. The molecular formula is C9H11N3O. The van der Waals surface area contributed by atoms with Crippen molar-refractivity contribution in [2.24, 2.45) is 5.84 Å². The van der Waals surface area contributed by atoms with Gasteiger partial charge in [0.25, 0.3) is 0 Å². The van der Waals surface area contributed by atoms with E-state index in [-0.39, 0.29) is 6.03 Å². The zero-order chi connectivity index (χ0) is 9.42. The highest BCUT2D eigenvalue weighted by Gasteiger charge is 2.19. The normalized spacial score (nSPS) is 15.2. The number of nitrogens with zero attached hydrogens (tertiary/aromatic N) is 1. The van der Waals surface area contributed by atoms with Gasteiger partial charge in [-0.3, -0.25) is 5.01 Å². The van der Waals surface area contributed by atoms with Crippen LogP contribution in [-0.4, -0.2) is 11.0 Å². The number of benzene rings is 1. The van der Waals surface area contributed by atoms with Gasteiger partial charge in [0.05, 0.1) is 6.54 Å². The summed E-state index contributed by atoms with van der Waals surface area (Å²) in [6.45, 7) is 2.49. The third-order valence-electron chi connectivity index (χ3n) is 2.10. The second-order valence-corrected chi connectivity index (χ2v) is 3.22. The third-order valence-corrected chi connectivity index (χ3v) is 2.10. The van der Waals surface area contributed by atoms with Crippen LogP contribution in [0.25, 0.3) is 0 Å². The van der Waals surface area contributed by atoms with Gasteiger partial charge >= 0.3 is 6.03 Å². The van der Waals surface area contributed by atoms with Gasteiger partial charge in [-0.2, -0.15) is 0 Å². The minimum atomic E-state index is -0.253. The number of carbonyl (C=O) groups excluding carboxylic acids is 1. The van der Waals surface area contributed by atoms with Gasteiger partial charge in [-0.15, -0.1) is 0 Å². The first-order chi connectivity index (χ1) is 6.16. The Balaban J connectivity index is 2.42. The van der Waals surface area contributed by atoms with Crippen LogP contribution in [0.2, 0.25) is 0 Å². The van der Waals surface area contributed by atoms with E-state index < -0.39 is 0 Å². The maximum atomic E-state index is 11.1. The fourth-order valence-corrected chi connectivity index (χ4v) is 1.42.